The van der Waals surface area contributed by atoms with Gasteiger partial charge in [0, 0.05) is 22.1 Å². The molecule has 5 heteroatoms. The first-order valence-electron chi connectivity index (χ1n) is 6.13. The molecule has 1 aliphatic heterocycles. The minimum Gasteiger partial charge on any atom is -0.352 e. The van der Waals surface area contributed by atoms with Crippen molar-refractivity contribution in [1.29, 1.82) is 0 Å². The number of halogens is 2. The van der Waals surface area contributed by atoms with E-state index < -0.39 is 0 Å². The Labute approximate surface area is 120 Å². The topological polar surface area (TPSA) is 41.1 Å². The molecule has 1 amide bonds. The van der Waals surface area contributed by atoms with E-state index in [2.05, 4.69) is 26.6 Å². The molecule has 0 aromatic heterocycles. The van der Waals surface area contributed by atoms with Crippen LogP contribution in [0.4, 0.5) is 0 Å². The van der Waals surface area contributed by atoms with Gasteiger partial charge in [0.1, 0.15) is 0 Å². The Balaban J connectivity index is 1.83. The van der Waals surface area contributed by atoms with Gasteiger partial charge in [-0.25, -0.2) is 0 Å². The predicted octanol–water partition coefficient (Wildman–Crippen LogP) is 2.97. The summed E-state index contributed by atoms with van der Waals surface area (Å²) in [6.07, 6.45) is 3.43. The summed E-state index contributed by atoms with van der Waals surface area (Å²) in [5.74, 6) is -0.0588. The first kappa shape index (κ1) is 13.8. The monoisotopic (exact) mass is 330 g/mol. The molecular formula is C13H16BrClN2O. The lowest BCUT2D eigenvalue weighted by Crippen LogP contribution is -2.30. The van der Waals surface area contributed by atoms with Crippen molar-refractivity contribution in [2.45, 2.75) is 25.3 Å². The second-order valence-electron chi connectivity index (χ2n) is 4.46. The third kappa shape index (κ3) is 3.70. The molecule has 1 atom stereocenters. The molecule has 0 radical (unpaired) electrons. The Morgan fingerprint density at radius 3 is 3.06 bits per heavy atom. The van der Waals surface area contributed by atoms with Crippen molar-refractivity contribution < 1.29 is 4.79 Å². The van der Waals surface area contributed by atoms with Crippen LogP contribution >= 0.6 is 27.5 Å². The summed E-state index contributed by atoms with van der Waals surface area (Å²) in [4.78, 5) is 11.9. The number of benzene rings is 1. The molecule has 3 nitrogen and oxygen atoms in total. The van der Waals surface area contributed by atoms with Gasteiger partial charge in [-0.1, -0.05) is 11.6 Å². The summed E-state index contributed by atoms with van der Waals surface area (Å²) in [7, 11) is 0. The van der Waals surface area contributed by atoms with E-state index in [0.29, 0.717) is 23.2 Å². The quantitative estimate of drug-likeness (QED) is 0.890. The SMILES string of the molecule is O=C(NCC[C@H]1CCCN1)c1ccc(Cl)cc1Br. The van der Waals surface area contributed by atoms with Crippen LogP contribution in [0.3, 0.4) is 0 Å². The summed E-state index contributed by atoms with van der Waals surface area (Å²) in [5, 5.41) is 6.96. The predicted molar refractivity (Wildman–Crippen MR) is 77.1 cm³/mol. The molecule has 1 aromatic carbocycles. The van der Waals surface area contributed by atoms with Gasteiger partial charge < -0.3 is 10.6 Å². The lowest BCUT2D eigenvalue weighted by Gasteiger charge is -2.11. The fourth-order valence-electron chi connectivity index (χ4n) is 2.13. The molecule has 1 aliphatic rings. The van der Waals surface area contributed by atoms with Crippen LogP contribution in [0.2, 0.25) is 5.02 Å². The van der Waals surface area contributed by atoms with Crippen LogP contribution in [0.25, 0.3) is 0 Å². The van der Waals surface area contributed by atoms with E-state index in [0.717, 1.165) is 17.4 Å². The van der Waals surface area contributed by atoms with Crippen LogP contribution < -0.4 is 10.6 Å². The Hall–Kier alpha value is -0.580. The van der Waals surface area contributed by atoms with Crippen molar-refractivity contribution >= 4 is 33.4 Å². The van der Waals surface area contributed by atoms with E-state index in [-0.39, 0.29) is 5.91 Å². The van der Waals surface area contributed by atoms with E-state index in [9.17, 15) is 4.79 Å². The molecule has 2 N–H and O–H groups in total. The zero-order chi connectivity index (χ0) is 13.0. The zero-order valence-electron chi connectivity index (χ0n) is 10.0. The molecule has 1 heterocycles. The number of amides is 1. The number of nitrogens with one attached hydrogen (secondary N) is 2. The van der Waals surface area contributed by atoms with Gasteiger partial charge >= 0.3 is 0 Å². The molecule has 0 aliphatic carbocycles. The van der Waals surface area contributed by atoms with Gasteiger partial charge in [-0.2, -0.15) is 0 Å². The van der Waals surface area contributed by atoms with Crippen molar-refractivity contribution in [2.75, 3.05) is 13.1 Å². The van der Waals surface area contributed by atoms with Crippen LogP contribution in [0.5, 0.6) is 0 Å². The van der Waals surface area contributed by atoms with Gasteiger partial charge in [-0.05, 0) is 59.9 Å². The van der Waals surface area contributed by atoms with E-state index in [1.165, 1.54) is 12.8 Å². The van der Waals surface area contributed by atoms with E-state index in [4.69, 9.17) is 11.6 Å². The van der Waals surface area contributed by atoms with Gasteiger partial charge in [0.05, 0.1) is 5.56 Å². The van der Waals surface area contributed by atoms with E-state index in [1.54, 1.807) is 18.2 Å². The molecular weight excluding hydrogens is 316 g/mol. The third-order valence-electron chi connectivity index (χ3n) is 3.12. The molecule has 1 fully saturated rings. The van der Waals surface area contributed by atoms with Crippen LogP contribution in [-0.2, 0) is 0 Å². The lowest BCUT2D eigenvalue weighted by atomic mass is 10.1. The van der Waals surface area contributed by atoms with Crippen molar-refractivity contribution in [3.8, 4) is 0 Å². The second-order valence-corrected chi connectivity index (χ2v) is 5.75. The molecule has 0 unspecified atom stereocenters. The molecule has 18 heavy (non-hydrogen) atoms. The Kier molecular flexibility index (Phi) is 5.03. The fraction of sp³-hybridized carbons (Fsp3) is 0.462. The summed E-state index contributed by atoms with van der Waals surface area (Å²) in [6.45, 7) is 1.80. The number of hydrogen-bond acceptors (Lipinski definition) is 2. The first-order chi connectivity index (χ1) is 8.66. The molecule has 0 bridgehead atoms. The molecule has 98 valence electrons. The van der Waals surface area contributed by atoms with Gasteiger partial charge in [0.15, 0.2) is 0 Å². The van der Waals surface area contributed by atoms with Crippen molar-refractivity contribution in [1.82, 2.24) is 10.6 Å². The zero-order valence-corrected chi connectivity index (χ0v) is 12.4. The third-order valence-corrected chi connectivity index (χ3v) is 4.01. The average Bonchev–Trinajstić information content (AvgIpc) is 2.81. The Bertz CT molecular complexity index is 433. The summed E-state index contributed by atoms with van der Waals surface area (Å²) in [6, 6.07) is 5.74. The normalized spacial score (nSPS) is 18.9. The van der Waals surface area contributed by atoms with Crippen LogP contribution in [0.1, 0.15) is 29.6 Å². The van der Waals surface area contributed by atoms with Gasteiger partial charge in [-0.15, -0.1) is 0 Å². The lowest BCUT2D eigenvalue weighted by molar-refractivity contribution is 0.0951. The van der Waals surface area contributed by atoms with Crippen LogP contribution in [0, 0.1) is 0 Å². The number of hydrogen-bond donors (Lipinski definition) is 2. The number of carbonyl (C=O) groups excluding carboxylic acids is 1. The van der Waals surface area contributed by atoms with Crippen molar-refractivity contribution in [3.05, 3.63) is 33.3 Å². The summed E-state index contributed by atoms with van der Waals surface area (Å²) in [5.41, 5.74) is 0.624. The van der Waals surface area contributed by atoms with E-state index >= 15 is 0 Å². The Morgan fingerprint density at radius 2 is 2.39 bits per heavy atom. The highest BCUT2D eigenvalue weighted by Gasteiger charge is 2.14. The minimum absolute atomic E-state index is 0.0588. The molecule has 1 saturated heterocycles. The smallest absolute Gasteiger partial charge is 0.252 e. The maximum atomic E-state index is 11.9. The largest absolute Gasteiger partial charge is 0.352 e. The van der Waals surface area contributed by atoms with E-state index in [1.807, 2.05) is 0 Å². The van der Waals surface area contributed by atoms with Crippen molar-refractivity contribution in [3.63, 3.8) is 0 Å². The summed E-state index contributed by atoms with van der Waals surface area (Å²) < 4.78 is 0.728. The first-order valence-corrected chi connectivity index (χ1v) is 7.30. The van der Waals surface area contributed by atoms with Crippen LogP contribution in [0.15, 0.2) is 22.7 Å². The van der Waals surface area contributed by atoms with Crippen molar-refractivity contribution in [2.24, 2.45) is 0 Å². The standard InChI is InChI=1S/C13H16BrClN2O/c14-12-8-9(15)3-4-11(12)13(18)17-7-5-10-2-1-6-16-10/h3-4,8,10,16H,1-2,5-7H2,(H,17,18)/t10-/m1/s1. The number of carbonyl (C=O) groups is 1. The molecule has 1 aromatic rings. The highest BCUT2D eigenvalue weighted by atomic mass is 79.9. The van der Waals surface area contributed by atoms with Gasteiger partial charge in [0.25, 0.3) is 5.91 Å². The summed E-state index contributed by atoms with van der Waals surface area (Å²) >= 11 is 9.19. The molecule has 0 spiro atoms. The molecule has 0 saturated carbocycles. The minimum atomic E-state index is -0.0588. The average molecular weight is 332 g/mol. The second kappa shape index (κ2) is 6.55. The van der Waals surface area contributed by atoms with Crippen LogP contribution in [-0.4, -0.2) is 25.0 Å². The Morgan fingerprint density at radius 1 is 1.56 bits per heavy atom. The molecule has 2 rings (SSSR count). The highest BCUT2D eigenvalue weighted by Crippen LogP contribution is 2.21. The maximum absolute atomic E-state index is 11.9. The van der Waals surface area contributed by atoms with Gasteiger partial charge in [0.2, 0.25) is 0 Å². The number of rotatable bonds is 4. The maximum Gasteiger partial charge on any atom is 0.252 e. The highest BCUT2D eigenvalue weighted by molar-refractivity contribution is 9.10. The fourth-order valence-corrected chi connectivity index (χ4v) is 2.99. The van der Waals surface area contributed by atoms with Gasteiger partial charge in [-0.3, -0.25) is 4.79 Å².